The minimum absolute atomic E-state index is 0.375. The summed E-state index contributed by atoms with van der Waals surface area (Å²) in [6, 6.07) is 0. The van der Waals surface area contributed by atoms with Gasteiger partial charge in [0.1, 0.15) is 0 Å². The highest BCUT2D eigenvalue weighted by Crippen LogP contribution is 1.81. The molecule has 0 bridgehead atoms. The van der Waals surface area contributed by atoms with Gasteiger partial charge < -0.3 is 9.73 Å². The van der Waals surface area contributed by atoms with Crippen molar-refractivity contribution in [1.29, 1.82) is 0 Å². The third kappa shape index (κ3) is 0.154. The summed E-state index contributed by atoms with van der Waals surface area (Å²) < 4.78 is 4.03. The summed E-state index contributed by atoms with van der Waals surface area (Å²) in [4.78, 5) is 0.375. The molecule has 5 heavy (non-hydrogen) atoms. The zero-order valence-electron chi connectivity index (χ0n) is 2.42. The molecule has 0 saturated heterocycles. The predicted molar refractivity (Wildman–Crippen MR) is 15.5 cm³/mol. The summed E-state index contributed by atoms with van der Waals surface area (Å²) in [5, 5.41) is 9.51. The normalized spacial score (nSPS) is 8.80. The highest BCUT2D eigenvalue weighted by atomic mass is 16.7. The standard InChI is InChI=1S/C2H2NO2/c4-3-1-2-5-3/h1-2H/q-1. The number of nitrogens with zero attached hydrogens (tertiary/aromatic N) is 1. The lowest BCUT2D eigenvalue weighted by Gasteiger charge is -2.05. The molecular weight excluding hydrogens is 70.0 g/mol. The van der Waals surface area contributed by atoms with E-state index in [1.807, 2.05) is 0 Å². The van der Waals surface area contributed by atoms with E-state index in [1.54, 1.807) is 0 Å². The van der Waals surface area contributed by atoms with Gasteiger partial charge in [-0.2, -0.15) is 0 Å². The van der Waals surface area contributed by atoms with E-state index >= 15 is 0 Å². The minimum Gasteiger partial charge on any atom is -0.525 e. The van der Waals surface area contributed by atoms with Crippen molar-refractivity contribution in [2.45, 2.75) is 0 Å². The molecule has 1 aromatic heterocycles. The molecule has 0 amide bonds. The molecule has 1 heterocycles. The van der Waals surface area contributed by atoms with Crippen LogP contribution in [0.5, 0.6) is 0 Å². The van der Waals surface area contributed by atoms with Gasteiger partial charge >= 0.3 is 0 Å². The van der Waals surface area contributed by atoms with Crippen LogP contribution in [0.1, 0.15) is 0 Å². The lowest BCUT2D eigenvalue weighted by Crippen LogP contribution is -1.85. The van der Waals surface area contributed by atoms with Gasteiger partial charge in [0.05, 0.1) is 0 Å². The highest BCUT2D eigenvalue weighted by Gasteiger charge is 1.62. The van der Waals surface area contributed by atoms with Crippen molar-refractivity contribution in [3.63, 3.8) is 0 Å². The van der Waals surface area contributed by atoms with Crippen molar-refractivity contribution >= 4 is 0 Å². The Hall–Kier alpha value is -0.860. The summed E-state index contributed by atoms with van der Waals surface area (Å²) in [5.41, 5.74) is 0. The van der Waals surface area contributed by atoms with Crippen LogP contribution in [0.2, 0.25) is 0 Å². The molecule has 0 radical (unpaired) electrons. The highest BCUT2D eigenvalue weighted by molar-refractivity contribution is 4.62. The summed E-state index contributed by atoms with van der Waals surface area (Å²) in [6.07, 6.45) is 2.59. The van der Waals surface area contributed by atoms with Crippen LogP contribution in [0.15, 0.2) is 17.0 Å². The molecule has 0 fully saturated rings. The van der Waals surface area contributed by atoms with Gasteiger partial charge in [0, 0.05) is 12.5 Å². The molecule has 0 aliphatic heterocycles. The van der Waals surface area contributed by atoms with Gasteiger partial charge in [0.2, 0.25) is 0 Å². The van der Waals surface area contributed by atoms with Crippen molar-refractivity contribution in [2.75, 3.05) is 0 Å². The fourth-order valence-corrected chi connectivity index (χ4v) is 0.111. The van der Waals surface area contributed by atoms with Crippen LogP contribution < -0.4 is 0 Å². The Bertz CT molecular complexity index is 89.8. The molecule has 1 rings (SSSR count). The van der Waals surface area contributed by atoms with E-state index in [0.29, 0.717) is 4.90 Å². The number of rotatable bonds is 0. The van der Waals surface area contributed by atoms with Crippen molar-refractivity contribution in [1.82, 2.24) is 4.90 Å². The third-order valence-electron chi connectivity index (χ3n) is 0.347. The molecule has 0 saturated carbocycles. The Balaban J connectivity index is 2.83. The van der Waals surface area contributed by atoms with E-state index in [4.69, 9.17) is 0 Å². The van der Waals surface area contributed by atoms with Crippen molar-refractivity contribution < 1.29 is 4.52 Å². The van der Waals surface area contributed by atoms with Crippen LogP contribution in [-0.4, -0.2) is 4.90 Å². The van der Waals surface area contributed by atoms with Crippen LogP contribution in [-0.2, 0) is 0 Å². The third-order valence-corrected chi connectivity index (χ3v) is 0.347. The summed E-state index contributed by atoms with van der Waals surface area (Å²) in [5.74, 6) is 0. The largest absolute Gasteiger partial charge is 0.525 e. The maximum Gasteiger partial charge on any atom is 0.0414 e. The zero-order chi connectivity index (χ0) is 3.70. The lowest BCUT2D eigenvalue weighted by atomic mass is 11.0. The molecule has 3 nitrogen and oxygen atoms in total. The minimum atomic E-state index is 0.375. The molecule has 3 heteroatoms. The summed E-state index contributed by atoms with van der Waals surface area (Å²) in [7, 11) is 0. The van der Waals surface area contributed by atoms with Gasteiger partial charge in [-0.05, 0) is 0 Å². The first-order valence-electron chi connectivity index (χ1n) is 1.19. The van der Waals surface area contributed by atoms with Gasteiger partial charge in [-0.1, -0.05) is 0 Å². The Morgan fingerprint density at radius 3 is 2.20 bits per heavy atom. The molecule has 0 spiro atoms. The Labute approximate surface area is 28.3 Å². The lowest BCUT2D eigenvalue weighted by molar-refractivity contribution is 0.281. The molecule has 1 aromatic rings. The molecule has 0 aliphatic rings. The maximum absolute atomic E-state index is 9.51. The van der Waals surface area contributed by atoms with E-state index in [-0.39, 0.29) is 0 Å². The monoisotopic (exact) mass is 72.0 g/mol. The van der Waals surface area contributed by atoms with Crippen LogP contribution >= 0.6 is 0 Å². The fraction of sp³-hybridized carbons (Fsp3) is 0. The maximum atomic E-state index is 9.51. The second-order valence-electron chi connectivity index (χ2n) is 0.676. The van der Waals surface area contributed by atoms with E-state index in [0.717, 1.165) is 0 Å². The Morgan fingerprint density at radius 2 is 2.20 bits per heavy atom. The second kappa shape index (κ2) is 0.544. The SMILES string of the molecule is [O-]n1cco1. The molecule has 0 aromatic carbocycles. The van der Waals surface area contributed by atoms with Gasteiger partial charge in [0.25, 0.3) is 0 Å². The van der Waals surface area contributed by atoms with E-state index in [9.17, 15) is 5.21 Å². The zero-order valence-corrected chi connectivity index (χ0v) is 2.42. The molecule has 0 aliphatic carbocycles. The first-order valence-corrected chi connectivity index (χ1v) is 1.19. The van der Waals surface area contributed by atoms with E-state index < -0.39 is 0 Å². The number of hydrogen-bond donors (Lipinski definition) is 0. The summed E-state index contributed by atoms with van der Waals surface area (Å²) in [6.45, 7) is 0. The Kier molecular flexibility index (Phi) is 0.259. The van der Waals surface area contributed by atoms with Gasteiger partial charge in [-0.15, -0.1) is 0 Å². The van der Waals surface area contributed by atoms with Crippen molar-refractivity contribution in [2.24, 2.45) is 0 Å². The second-order valence-corrected chi connectivity index (χ2v) is 0.676. The van der Waals surface area contributed by atoms with Gasteiger partial charge in [-0.25, -0.2) is 4.90 Å². The topological polar surface area (TPSA) is 41.1 Å². The summed E-state index contributed by atoms with van der Waals surface area (Å²) >= 11 is 0. The first kappa shape index (κ1) is 2.38. The average molecular weight is 72.0 g/mol. The van der Waals surface area contributed by atoms with E-state index in [1.165, 1.54) is 12.5 Å². The number of aromatic nitrogens is 1. The smallest absolute Gasteiger partial charge is 0.0414 e. The van der Waals surface area contributed by atoms with Crippen LogP contribution in [0.3, 0.4) is 0 Å². The van der Waals surface area contributed by atoms with Crippen molar-refractivity contribution in [3.8, 4) is 0 Å². The van der Waals surface area contributed by atoms with Gasteiger partial charge in [0.15, 0.2) is 0 Å². The van der Waals surface area contributed by atoms with Crippen LogP contribution in [0, 0.1) is 5.21 Å². The van der Waals surface area contributed by atoms with Crippen LogP contribution in [0.25, 0.3) is 0 Å². The first-order chi connectivity index (χ1) is 2.39. The molecule has 0 N–H and O–H groups in total. The predicted octanol–water partition coefficient (Wildman–Crippen LogP) is 0.427. The van der Waals surface area contributed by atoms with Crippen LogP contribution in [0.4, 0.5) is 0 Å². The van der Waals surface area contributed by atoms with Crippen molar-refractivity contribution in [3.05, 3.63) is 17.7 Å². The molecular formula is C2H2NO2-. The molecule has 0 atom stereocenters. The quantitative estimate of drug-likeness (QED) is 0.445. The van der Waals surface area contributed by atoms with Gasteiger partial charge in [-0.3, -0.25) is 0 Å². The Morgan fingerprint density at radius 1 is 1.80 bits per heavy atom. The number of hydrogen-bond acceptors (Lipinski definition) is 2. The van der Waals surface area contributed by atoms with E-state index in [2.05, 4.69) is 4.52 Å². The fourth-order valence-electron chi connectivity index (χ4n) is 0.111. The molecule has 28 valence electrons. The average Bonchev–Trinajstić information content (AvgIpc) is 1.30. The molecule has 0 unspecified atom stereocenters.